The van der Waals surface area contributed by atoms with Crippen molar-refractivity contribution in [3.63, 3.8) is 0 Å². The van der Waals surface area contributed by atoms with Crippen LogP contribution in [0, 0.1) is 5.41 Å². The van der Waals surface area contributed by atoms with Crippen LogP contribution < -0.4 is 15.4 Å². The summed E-state index contributed by atoms with van der Waals surface area (Å²) in [5.41, 5.74) is 1.52. The molecule has 0 atom stereocenters. The van der Waals surface area contributed by atoms with Gasteiger partial charge in [0.05, 0.1) is 19.9 Å². The van der Waals surface area contributed by atoms with Crippen molar-refractivity contribution in [2.45, 2.75) is 32.2 Å². The number of guanidine groups is 1. The molecule has 1 aliphatic heterocycles. The predicted octanol–water partition coefficient (Wildman–Crippen LogP) is 1.70. The minimum atomic E-state index is 0.430. The van der Waals surface area contributed by atoms with Crippen LogP contribution in [0.1, 0.15) is 31.2 Å². The number of hydrogen-bond acceptors (Lipinski definition) is 5. The van der Waals surface area contributed by atoms with Crippen molar-refractivity contribution in [1.29, 1.82) is 0 Å². The zero-order valence-corrected chi connectivity index (χ0v) is 12.0. The van der Waals surface area contributed by atoms with E-state index in [9.17, 15) is 0 Å². The zero-order chi connectivity index (χ0) is 13.8. The first kappa shape index (κ1) is 13.2. The number of nitrogens with zero attached hydrogens (tertiary/aromatic N) is 2. The van der Waals surface area contributed by atoms with Gasteiger partial charge in [-0.25, -0.2) is 0 Å². The van der Waals surface area contributed by atoms with Crippen molar-refractivity contribution in [3.05, 3.63) is 24.0 Å². The number of aliphatic imine (C=N–C) groups is 1. The lowest BCUT2D eigenvalue weighted by molar-refractivity contribution is 0.294. The Labute approximate surface area is 119 Å². The van der Waals surface area contributed by atoms with E-state index < -0.39 is 0 Å². The van der Waals surface area contributed by atoms with Gasteiger partial charge in [0, 0.05) is 30.3 Å². The molecule has 1 aromatic rings. The third kappa shape index (κ3) is 2.71. The third-order valence-corrected chi connectivity index (χ3v) is 4.40. The molecule has 0 amide bonds. The van der Waals surface area contributed by atoms with Gasteiger partial charge in [-0.1, -0.05) is 12.8 Å². The highest BCUT2D eigenvalue weighted by Gasteiger charge is 2.35. The van der Waals surface area contributed by atoms with Crippen LogP contribution in [0.25, 0.3) is 0 Å². The predicted molar refractivity (Wildman–Crippen MR) is 78.8 cm³/mol. The summed E-state index contributed by atoms with van der Waals surface area (Å²) < 4.78 is 5.30. The molecule has 0 unspecified atom stereocenters. The lowest BCUT2D eigenvalue weighted by Crippen LogP contribution is -2.48. The van der Waals surface area contributed by atoms with Gasteiger partial charge in [-0.15, -0.1) is 0 Å². The number of methoxy groups -OCH3 is 1. The first-order valence-electron chi connectivity index (χ1n) is 7.30. The molecular weight excluding hydrogens is 252 g/mol. The van der Waals surface area contributed by atoms with Gasteiger partial charge in [0.25, 0.3) is 0 Å². The van der Waals surface area contributed by atoms with Crippen LogP contribution in [0.3, 0.4) is 0 Å². The highest BCUT2D eigenvalue weighted by Crippen LogP contribution is 2.38. The summed E-state index contributed by atoms with van der Waals surface area (Å²) in [5.74, 6) is 1.71. The first-order valence-corrected chi connectivity index (χ1v) is 7.30. The highest BCUT2D eigenvalue weighted by atomic mass is 16.5. The van der Waals surface area contributed by atoms with E-state index >= 15 is 0 Å². The molecule has 0 radical (unpaired) electrons. The molecule has 1 aromatic heterocycles. The molecule has 3 rings (SSSR count). The van der Waals surface area contributed by atoms with E-state index in [2.05, 4.69) is 20.6 Å². The number of ether oxygens (including phenoxy) is 1. The normalized spacial score (nSPS) is 20.4. The number of aromatic nitrogens is 1. The Kier molecular flexibility index (Phi) is 3.76. The molecule has 0 bridgehead atoms. The van der Waals surface area contributed by atoms with Crippen molar-refractivity contribution in [2.75, 3.05) is 20.2 Å². The maximum absolute atomic E-state index is 5.30. The fourth-order valence-corrected chi connectivity index (χ4v) is 3.13. The van der Waals surface area contributed by atoms with Crippen LogP contribution in [-0.2, 0) is 6.54 Å². The molecule has 2 heterocycles. The van der Waals surface area contributed by atoms with Crippen LogP contribution in [0.15, 0.2) is 23.5 Å². The third-order valence-electron chi connectivity index (χ3n) is 4.40. The molecular formula is C15H22N4O. The Morgan fingerprint density at radius 1 is 1.40 bits per heavy atom. The smallest absolute Gasteiger partial charge is 0.191 e. The first-order chi connectivity index (χ1) is 9.81. The summed E-state index contributed by atoms with van der Waals surface area (Å²) in [6.45, 7) is 2.70. The van der Waals surface area contributed by atoms with E-state index in [0.29, 0.717) is 12.0 Å². The molecule has 5 heteroatoms. The molecule has 1 fully saturated rings. The summed E-state index contributed by atoms with van der Waals surface area (Å²) >= 11 is 0. The van der Waals surface area contributed by atoms with Crippen molar-refractivity contribution in [3.8, 4) is 5.75 Å². The molecule has 0 aromatic carbocycles. The lowest BCUT2D eigenvalue weighted by Gasteiger charge is -2.32. The summed E-state index contributed by atoms with van der Waals surface area (Å²) in [7, 11) is 1.67. The Balaban J connectivity index is 1.58. The Morgan fingerprint density at radius 3 is 2.95 bits per heavy atom. The van der Waals surface area contributed by atoms with Crippen LogP contribution in [0.5, 0.6) is 5.75 Å². The number of hydrogen-bond donors (Lipinski definition) is 2. The molecule has 20 heavy (non-hydrogen) atoms. The van der Waals surface area contributed by atoms with E-state index in [-0.39, 0.29) is 0 Å². The highest BCUT2D eigenvalue weighted by molar-refractivity contribution is 5.80. The Hall–Kier alpha value is -1.78. The van der Waals surface area contributed by atoms with E-state index in [1.807, 2.05) is 6.07 Å². The van der Waals surface area contributed by atoms with E-state index in [1.165, 1.54) is 25.7 Å². The van der Waals surface area contributed by atoms with Crippen molar-refractivity contribution >= 4 is 5.96 Å². The Bertz CT molecular complexity index is 494. The maximum atomic E-state index is 5.30. The second kappa shape index (κ2) is 5.69. The zero-order valence-electron chi connectivity index (χ0n) is 12.0. The van der Waals surface area contributed by atoms with Gasteiger partial charge in [-0.05, 0) is 18.9 Å². The number of rotatable bonds is 3. The molecule has 1 aliphatic carbocycles. The fourth-order valence-electron chi connectivity index (χ4n) is 3.13. The largest absolute Gasteiger partial charge is 0.495 e. The van der Waals surface area contributed by atoms with E-state index in [0.717, 1.165) is 30.4 Å². The molecule has 1 spiro atoms. The quantitative estimate of drug-likeness (QED) is 0.881. The van der Waals surface area contributed by atoms with Gasteiger partial charge < -0.3 is 15.4 Å². The van der Waals surface area contributed by atoms with Crippen LogP contribution in [-0.4, -0.2) is 31.1 Å². The van der Waals surface area contributed by atoms with Crippen LogP contribution in [0.2, 0.25) is 0 Å². The second-order valence-electron chi connectivity index (χ2n) is 5.77. The molecule has 0 saturated heterocycles. The number of pyridine rings is 1. The number of nitrogens with one attached hydrogen (secondary N) is 2. The monoisotopic (exact) mass is 274 g/mol. The van der Waals surface area contributed by atoms with Crippen LogP contribution in [0.4, 0.5) is 0 Å². The van der Waals surface area contributed by atoms with Crippen molar-refractivity contribution in [1.82, 2.24) is 15.6 Å². The summed E-state index contributed by atoms with van der Waals surface area (Å²) in [6.07, 6.45) is 8.86. The Morgan fingerprint density at radius 2 is 2.25 bits per heavy atom. The standard InChI is InChI=1S/C15H22N4O/c1-20-13-9-16-7-4-12(13)8-17-14-18-10-15(11-19-14)5-2-3-6-15/h4,7,9H,2-3,5-6,8,10-11H2,1H3,(H2,17,18,19). The second-order valence-corrected chi connectivity index (χ2v) is 5.77. The van der Waals surface area contributed by atoms with Gasteiger partial charge >= 0.3 is 0 Å². The summed E-state index contributed by atoms with van der Waals surface area (Å²) in [6, 6.07) is 1.97. The molecule has 2 aliphatic rings. The van der Waals surface area contributed by atoms with Gasteiger partial charge in [0.2, 0.25) is 0 Å². The van der Waals surface area contributed by atoms with Gasteiger partial charge in [0.1, 0.15) is 5.75 Å². The van der Waals surface area contributed by atoms with E-state index in [1.54, 1.807) is 19.5 Å². The SMILES string of the molecule is COc1cnccc1CNC1=NCC2(CCCC2)CN1. The minimum Gasteiger partial charge on any atom is -0.495 e. The maximum Gasteiger partial charge on any atom is 0.191 e. The summed E-state index contributed by atoms with van der Waals surface area (Å²) in [5, 5.41) is 6.79. The fraction of sp³-hybridized carbons (Fsp3) is 0.600. The molecule has 5 nitrogen and oxygen atoms in total. The average Bonchev–Trinajstić information content (AvgIpc) is 2.95. The van der Waals surface area contributed by atoms with Gasteiger partial charge in [0.15, 0.2) is 5.96 Å². The van der Waals surface area contributed by atoms with Gasteiger partial charge in [-0.2, -0.15) is 0 Å². The summed E-state index contributed by atoms with van der Waals surface area (Å²) in [4.78, 5) is 8.73. The van der Waals surface area contributed by atoms with Crippen LogP contribution >= 0.6 is 0 Å². The van der Waals surface area contributed by atoms with Crippen molar-refractivity contribution < 1.29 is 4.74 Å². The lowest BCUT2D eigenvalue weighted by atomic mass is 9.85. The molecule has 1 saturated carbocycles. The van der Waals surface area contributed by atoms with E-state index in [4.69, 9.17) is 4.74 Å². The van der Waals surface area contributed by atoms with Gasteiger partial charge in [-0.3, -0.25) is 9.98 Å². The average molecular weight is 274 g/mol. The van der Waals surface area contributed by atoms with Crippen molar-refractivity contribution in [2.24, 2.45) is 10.4 Å². The molecule has 2 N–H and O–H groups in total. The molecule has 108 valence electrons. The topological polar surface area (TPSA) is 58.5 Å². The minimum absolute atomic E-state index is 0.430.